The predicted octanol–water partition coefficient (Wildman–Crippen LogP) is 3.63. The fourth-order valence-corrected chi connectivity index (χ4v) is 3.53. The average Bonchev–Trinajstić information content (AvgIpc) is 3.20. The zero-order chi connectivity index (χ0) is 21.8. The Bertz CT molecular complexity index is 1000. The molecule has 0 saturated carbocycles. The lowest BCUT2D eigenvalue weighted by Gasteiger charge is -2.24. The lowest BCUT2D eigenvalue weighted by atomic mass is 10.1. The molecular formula is C20H17Cl2F2N3O3. The number of halogens is 4. The van der Waals surface area contributed by atoms with Crippen LogP contribution in [0.4, 0.5) is 14.5 Å². The topological polar surface area (TPSA) is 78.5 Å². The molecular weight excluding hydrogens is 439 g/mol. The van der Waals surface area contributed by atoms with Gasteiger partial charge in [0, 0.05) is 23.3 Å². The highest BCUT2D eigenvalue weighted by Crippen LogP contribution is 2.26. The molecule has 158 valence electrons. The molecule has 0 spiro atoms. The monoisotopic (exact) mass is 455 g/mol. The maximum absolute atomic E-state index is 13.2. The molecule has 0 aromatic heterocycles. The van der Waals surface area contributed by atoms with Crippen molar-refractivity contribution in [2.24, 2.45) is 0 Å². The molecule has 1 saturated heterocycles. The summed E-state index contributed by atoms with van der Waals surface area (Å²) in [5, 5.41) is 5.39. The van der Waals surface area contributed by atoms with E-state index in [1.54, 1.807) is 6.07 Å². The number of nitrogens with one attached hydrogen (secondary N) is 2. The van der Waals surface area contributed by atoms with E-state index in [9.17, 15) is 23.2 Å². The van der Waals surface area contributed by atoms with Gasteiger partial charge in [0.1, 0.15) is 6.04 Å². The van der Waals surface area contributed by atoms with Gasteiger partial charge in [0.15, 0.2) is 11.6 Å². The molecule has 1 unspecified atom stereocenters. The van der Waals surface area contributed by atoms with Gasteiger partial charge in [-0.1, -0.05) is 23.2 Å². The first-order valence-corrected chi connectivity index (χ1v) is 9.80. The zero-order valence-corrected chi connectivity index (χ0v) is 17.1. The molecule has 3 amide bonds. The van der Waals surface area contributed by atoms with E-state index < -0.39 is 41.9 Å². The van der Waals surface area contributed by atoms with Gasteiger partial charge in [-0.25, -0.2) is 8.78 Å². The first kappa shape index (κ1) is 22.0. The summed E-state index contributed by atoms with van der Waals surface area (Å²) in [7, 11) is 0. The van der Waals surface area contributed by atoms with Gasteiger partial charge in [0.05, 0.1) is 17.1 Å². The van der Waals surface area contributed by atoms with Crippen LogP contribution in [0, 0.1) is 11.6 Å². The van der Waals surface area contributed by atoms with Crippen molar-refractivity contribution in [1.82, 2.24) is 10.2 Å². The maximum Gasteiger partial charge on any atom is 0.256 e. The van der Waals surface area contributed by atoms with E-state index in [1.807, 2.05) is 0 Å². The summed E-state index contributed by atoms with van der Waals surface area (Å²) in [4.78, 5) is 38.8. The van der Waals surface area contributed by atoms with E-state index in [2.05, 4.69) is 10.6 Å². The van der Waals surface area contributed by atoms with Crippen LogP contribution in [0.3, 0.4) is 0 Å². The Morgan fingerprint density at radius 3 is 2.57 bits per heavy atom. The molecule has 6 nitrogen and oxygen atoms in total. The van der Waals surface area contributed by atoms with Crippen molar-refractivity contribution in [2.45, 2.75) is 18.9 Å². The van der Waals surface area contributed by atoms with E-state index >= 15 is 0 Å². The molecule has 2 N–H and O–H groups in total. The molecule has 2 aromatic rings. The number of carbonyl (C=O) groups is 3. The molecule has 30 heavy (non-hydrogen) atoms. The molecule has 1 fully saturated rings. The molecule has 0 aliphatic carbocycles. The third-order valence-corrected chi connectivity index (χ3v) is 5.17. The highest BCUT2D eigenvalue weighted by Gasteiger charge is 2.35. The smallest absolute Gasteiger partial charge is 0.256 e. The Balaban J connectivity index is 1.60. The molecule has 2 aromatic carbocycles. The van der Waals surface area contributed by atoms with Gasteiger partial charge < -0.3 is 15.5 Å². The number of rotatable bonds is 5. The fourth-order valence-electron chi connectivity index (χ4n) is 3.16. The summed E-state index contributed by atoms with van der Waals surface area (Å²) in [6.45, 7) is -0.0326. The van der Waals surface area contributed by atoms with Crippen molar-refractivity contribution >= 4 is 46.6 Å². The predicted molar refractivity (Wildman–Crippen MR) is 109 cm³/mol. The normalized spacial score (nSPS) is 15.7. The van der Waals surface area contributed by atoms with Crippen LogP contribution in [0.25, 0.3) is 0 Å². The Labute approximate surface area is 181 Å². The summed E-state index contributed by atoms with van der Waals surface area (Å²) in [6.07, 6.45) is 1.05. The van der Waals surface area contributed by atoms with Crippen molar-refractivity contribution in [2.75, 3.05) is 18.4 Å². The van der Waals surface area contributed by atoms with Crippen LogP contribution in [0.1, 0.15) is 23.2 Å². The molecule has 1 heterocycles. The Hall–Kier alpha value is -2.71. The second-order valence-electron chi connectivity index (χ2n) is 6.68. The van der Waals surface area contributed by atoms with Crippen LogP contribution in [-0.2, 0) is 9.59 Å². The second kappa shape index (κ2) is 9.40. The number of amides is 3. The van der Waals surface area contributed by atoms with Crippen LogP contribution in [0.15, 0.2) is 36.4 Å². The number of hydrogen-bond donors (Lipinski definition) is 2. The van der Waals surface area contributed by atoms with E-state index in [0.29, 0.717) is 24.4 Å². The first-order valence-electron chi connectivity index (χ1n) is 9.05. The number of benzene rings is 2. The average molecular weight is 456 g/mol. The summed E-state index contributed by atoms with van der Waals surface area (Å²) in [5.74, 6) is -3.68. The molecule has 1 atom stereocenters. The molecule has 0 radical (unpaired) electrons. The summed E-state index contributed by atoms with van der Waals surface area (Å²) < 4.78 is 26.2. The summed E-state index contributed by atoms with van der Waals surface area (Å²) in [5.41, 5.74) is 0.251. The lowest BCUT2D eigenvalue weighted by molar-refractivity contribution is -0.127. The van der Waals surface area contributed by atoms with E-state index in [1.165, 1.54) is 23.1 Å². The van der Waals surface area contributed by atoms with Crippen LogP contribution >= 0.6 is 23.2 Å². The van der Waals surface area contributed by atoms with E-state index in [4.69, 9.17) is 23.2 Å². The van der Waals surface area contributed by atoms with Crippen LogP contribution < -0.4 is 10.6 Å². The van der Waals surface area contributed by atoms with Crippen LogP contribution in [-0.4, -0.2) is 41.8 Å². The molecule has 3 rings (SSSR count). The fraction of sp³-hybridized carbons (Fsp3) is 0.250. The quantitative estimate of drug-likeness (QED) is 0.722. The Morgan fingerprint density at radius 2 is 1.83 bits per heavy atom. The largest absolute Gasteiger partial charge is 0.345 e. The molecule has 1 aliphatic rings. The van der Waals surface area contributed by atoms with Crippen molar-refractivity contribution in [3.63, 3.8) is 0 Å². The van der Waals surface area contributed by atoms with Gasteiger partial charge in [-0.3, -0.25) is 14.4 Å². The number of nitrogens with zero attached hydrogens (tertiary/aromatic N) is 1. The maximum atomic E-state index is 13.2. The number of likely N-dealkylation sites (tertiary alicyclic amines) is 1. The van der Waals surface area contributed by atoms with Crippen molar-refractivity contribution in [3.05, 3.63) is 63.6 Å². The SMILES string of the molecule is O=C(CNC(=O)C1CCCN1C(=O)c1cc(Cl)ccc1Cl)Nc1ccc(F)c(F)c1. The minimum absolute atomic E-state index is 0.0569. The first-order chi connectivity index (χ1) is 14.3. The van der Waals surface area contributed by atoms with Gasteiger partial charge in [0.2, 0.25) is 11.8 Å². The third kappa shape index (κ3) is 5.06. The standard InChI is InChI=1S/C20H17Cl2F2N3O3/c21-11-3-5-14(22)13(8-11)20(30)27-7-1-2-17(27)19(29)25-10-18(28)26-12-4-6-15(23)16(24)9-12/h3-6,8-9,17H,1-2,7,10H2,(H,25,29)(H,26,28). The third-order valence-electron chi connectivity index (χ3n) is 4.60. The minimum Gasteiger partial charge on any atom is -0.345 e. The minimum atomic E-state index is -1.10. The Morgan fingerprint density at radius 1 is 1.07 bits per heavy atom. The second-order valence-corrected chi connectivity index (χ2v) is 7.52. The molecule has 10 heteroatoms. The van der Waals surface area contributed by atoms with Crippen molar-refractivity contribution in [1.29, 1.82) is 0 Å². The Kier molecular flexibility index (Phi) is 6.89. The number of hydrogen-bond acceptors (Lipinski definition) is 3. The van der Waals surface area contributed by atoms with Gasteiger partial charge in [0.25, 0.3) is 5.91 Å². The van der Waals surface area contributed by atoms with Gasteiger partial charge in [-0.05, 0) is 43.2 Å². The van der Waals surface area contributed by atoms with Crippen LogP contribution in [0.2, 0.25) is 10.0 Å². The highest BCUT2D eigenvalue weighted by molar-refractivity contribution is 6.35. The number of anilines is 1. The molecule has 1 aliphatic heterocycles. The van der Waals surface area contributed by atoms with Crippen LogP contribution in [0.5, 0.6) is 0 Å². The van der Waals surface area contributed by atoms with E-state index in [-0.39, 0.29) is 16.3 Å². The summed E-state index contributed by atoms with van der Waals surface area (Å²) >= 11 is 12.0. The molecule has 0 bridgehead atoms. The highest BCUT2D eigenvalue weighted by atomic mass is 35.5. The van der Waals surface area contributed by atoms with Gasteiger partial charge >= 0.3 is 0 Å². The van der Waals surface area contributed by atoms with Crippen molar-refractivity contribution in [3.8, 4) is 0 Å². The van der Waals surface area contributed by atoms with Crippen molar-refractivity contribution < 1.29 is 23.2 Å². The summed E-state index contributed by atoms with van der Waals surface area (Å²) in [6, 6.07) is 6.65. The van der Waals surface area contributed by atoms with E-state index in [0.717, 1.165) is 12.1 Å². The number of carbonyl (C=O) groups excluding carboxylic acids is 3. The van der Waals surface area contributed by atoms with Gasteiger partial charge in [-0.15, -0.1) is 0 Å². The lowest BCUT2D eigenvalue weighted by Crippen LogP contribution is -2.47. The van der Waals surface area contributed by atoms with Gasteiger partial charge in [-0.2, -0.15) is 0 Å². The zero-order valence-electron chi connectivity index (χ0n) is 15.6.